The predicted molar refractivity (Wildman–Crippen MR) is 64.4 cm³/mol. The molecule has 1 amide bonds. The molecule has 3 N–H and O–H groups in total. The highest BCUT2D eigenvalue weighted by Gasteiger charge is 2.39. The minimum atomic E-state index is -0.692. The molecule has 1 unspecified atom stereocenters. The Morgan fingerprint density at radius 3 is 2.29 bits per heavy atom. The zero-order chi connectivity index (χ0) is 13.1. The van der Waals surface area contributed by atoms with Gasteiger partial charge in [0.15, 0.2) is 0 Å². The fourth-order valence-corrected chi connectivity index (χ4v) is 2.36. The summed E-state index contributed by atoms with van der Waals surface area (Å²) in [6.07, 6.45) is 1.98. The van der Waals surface area contributed by atoms with Gasteiger partial charge >= 0.3 is 5.97 Å². The molecule has 0 radical (unpaired) electrons. The normalized spacial score (nSPS) is 22.0. The number of primary amides is 1. The van der Waals surface area contributed by atoms with Crippen LogP contribution in [0.2, 0.25) is 0 Å². The zero-order valence-electron chi connectivity index (χ0n) is 10.6. The van der Waals surface area contributed by atoms with Crippen LogP contribution in [0.4, 0.5) is 0 Å². The topological polar surface area (TPSA) is 83.6 Å². The molecule has 0 aromatic carbocycles. The summed E-state index contributed by atoms with van der Waals surface area (Å²) in [5, 5.41) is 9.25. The van der Waals surface area contributed by atoms with E-state index in [-0.39, 0.29) is 11.8 Å². The first-order valence-corrected chi connectivity index (χ1v) is 6.16. The number of likely N-dealkylation sites (tertiary alicyclic amines) is 1. The smallest absolute Gasteiger partial charge is 0.309 e. The van der Waals surface area contributed by atoms with Crippen molar-refractivity contribution in [2.45, 2.75) is 33.1 Å². The highest BCUT2D eigenvalue weighted by Crippen LogP contribution is 2.35. The van der Waals surface area contributed by atoms with Crippen molar-refractivity contribution in [3.63, 3.8) is 0 Å². The van der Waals surface area contributed by atoms with Crippen molar-refractivity contribution in [1.29, 1.82) is 0 Å². The summed E-state index contributed by atoms with van der Waals surface area (Å²) >= 11 is 0. The molecule has 5 heteroatoms. The number of nitrogens with zero attached hydrogens (tertiary/aromatic N) is 1. The molecule has 17 heavy (non-hydrogen) atoms. The summed E-state index contributed by atoms with van der Waals surface area (Å²) in [7, 11) is 0. The fraction of sp³-hybridized carbons (Fsp3) is 0.833. The van der Waals surface area contributed by atoms with Gasteiger partial charge in [0, 0.05) is 12.5 Å². The number of amides is 1. The summed E-state index contributed by atoms with van der Waals surface area (Å²) in [4.78, 5) is 24.3. The Morgan fingerprint density at radius 2 is 1.94 bits per heavy atom. The molecule has 98 valence electrons. The van der Waals surface area contributed by atoms with Gasteiger partial charge in [-0.3, -0.25) is 9.59 Å². The van der Waals surface area contributed by atoms with Crippen LogP contribution in [-0.2, 0) is 9.59 Å². The first-order valence-electron chi connectivity index (χ1n) is 6.16. The predicted octanol–water partition coefficient (Wildman–Crippen LogP) is 0.685. The van der Waals surface area contributed by atoms with Gasteiger partial charge in [0.25, 0.3) is 0 Å². The molecule has 1 atom stereocenters. The van der Waals surface area contributed by atoms with Gasteiger partial charge in [-0.05, 0) is 32.4 Å². The summed E-state index contributed by atoms with van der Waals surface area (Å²) < 4.78 is 0. The van der Waals surface area contributed by atoms with E-state index >= 15 is 0 Å². The highest BCUT2D eigenvalue weighted by atomic mass is 16.4. The Balaban J connectivity index is 2.50. The van der Waals surface area contributed by atoms with E-state index in [0.717, 1.165) is 13.1 Å². The Bertz CT molecular complexity index is 296. The number of carboxylic acid groups (broad SMARTS) is 1. The standard InChI is InChI=1S/C12H22N2O3/c1-3-12(11(16)17)4-6-14(7-5-12)8-9(2)10(13)15/h9H,3-8H2,1-2H3,(H2,13,15)(H,16,17). The van der Waals surface area contributed by atoms with Crippen LogP contribution < -0.4 is 5.73 Å². The lowest BCUT2D eigenvalue weighted by Gasteiger charge is -2.38. The van der Waals surface area contributed by atoms with E-state index in [1.54, 1.807) is 6.92 Å². The third-order valence-corrected chi connectivity index (χ3v) is 3.96. The van der Waals surface area contributed by atoms with Crippen LogP contribution in [0.15, 0.2) is 0 Å². The average molecular weight is 242 g/mol. The molecule has 5 nitrogen and oxygen atoms in total. The molecule has 0 spiro atoms. The van der Waals surface area contributed by atoms with Crippen molar-refractivity contribution in [3.8, 4) is 0 Å². The zero-order valence-corrected chi connectivity index (χ0v) is 10.6. The van der Waals surface area contributed by atoms with E-state index in [4.69, 9.17) is 5.73 Å². The molecule has 1 fully saturated rings. The monoisotopic (exact) mass is 242 g/mol. The summed E-state index contributed by atoms with van der Waals surface area (Å²) in [5.41, 5.74) is 4.66. The maximum atomic E-state index is 11.3. The number of aliphatic carboxylic acids is 1. The summed E-state index contributed by atoms with van der Waals surface area (Å²) in [6.45, 7) is 5.83. The second-order valence-electron chi connectivity index (χ2n) is 5.04. The highest BCUT2D eigenvalue weighted by molar-refractivity contribution is 5.76. The molecule has 0 aromatic heterocycles. The molecule has 0 saturated carbocycles. The van der Waals surface area contributed by atoms with E-state index in [1.807, 2.05) is 6.92 Å². The molecular weight excluding hydrogens is 220 g/mol. The van der Waals surface area contributed by atoms with Crippen LogP contribution in [0.5, 0.6) is 0 Å². The number of hydrogen-bond donors (Lipinski definition) is 2. The largest absolute Gasteiger partial charge is 0.481 e. The van der Waals surface area contributed by atoms with Crippen LogP contribution in [0.25, 0.3) is 0 Å². The molecule has 1 rings (SSSR count). The molecule has 1 heterocycles. The van der Waals surface area contributed by atoms with Crippen molar-refractivity contribution >= 4 is 11.9 Å². The Kier molecular flexibility index (Phi) is 4.51. The number of rotatable bonds is 5. The van der Waals surface area contributed by atoms with E-state index in [0.29, 0.717) is 25.8 Å². The van der Waals surface area contributed by atoms with E-state index in [2.05, 4.69) is 4.90 Å². The van der Waals surface area contributed by atoms with Gasteiger partial charge in [-0.15, -0.1) is 0 Å². The number of piperidine rings is 1. The number of carbonyl (C=O) groups is 2. The minimum Gasteiger partial charge on any atom is -0.481 e. The molecule has 0 aliphatic carbocycles. The second kappa shape index (κ2) is 5.49. The van der Waals surface area contributed by atoms with Crippen LogP contribution in [0.3, 0.4) is 0 Å². The van der Waals surface area contributed by atoms with Crippen LogP contribution >= 0.6 is 0 Å². The van der Waals surface area contributed by atoms with Gasteiger partial charge in [-0.1, -0.05) is 13.8 Å². The van der Waals surface area contributed by atoms with Crippen molar-refractivity contribution in [2.75, 3.05) is 19.6 Å². The molecular formula is C12H22N2O3. The average Bonchev–Trinajstić information content (AvgIpc) is 2.29. The number of nitrogens with two attached hydrogens (primary N) is 1. The Labute approximate surface area is 102 Å². The van der Waals surface area contributed by atoms with Gasteiger partial charge in [0.05, 0.1) is 5.41 Å². The molecule has 1 saturated heterocycles. The number of hydrogen-bond acceptors (Lipinski definition) is 3. The quantitative estimate of drug-likeness (QED) is 0.742. The van der Waals surface area contributed by atoms with Crippen molar-refractivity contribution in [2.24, 2.45) is 17.1 Å². The number of carboxylic acids is 1. The lowest BCUT2D eigenvalue weighted by Crippen LogP contribution is -2.46. The van der Waals surface area contributed by atoms with Gasteiger partial charge in [0.1, 0.15) is 0 Å². The van der Waals surface area contributed by atoms with Crippen molar-refractivity contribution in [1.82, 2.24) is 4.90 Å². The van der Waals surface area contributed by atoms with E-state index in [9.17, 15) is 14.7 Å². The Hall–Kier alpha value is -1.10. The van der Waals surface area contributed by atoms with Crippen molar-refractivity contribution < 1.29 is 14.7 Å². The molecule has 0 aromatic rings. The van der Waals surface area contributed by atoms with Crippen LogP contribution in [-0.4, -0.2) is 41.5 Å². The second-order valence-corrected chi connectivity index (χ2v) is 5.04. The third-order valence-electron chi connectivity index (χ3n) is 3.96. The minimum absolute atomic E-state index is 0.172. The van der Waals surface area contributed by atoms with E-state index in [1.165, 1.54) is 0 Å². The van der Waals surface area contributed by atoms with Gasteiger partial charge in [-0.25, -0.2) is 0 Å². The maximum Gasteiger partial charge on any atom is 0.309 e. The molecule has 1 aliphatic heterocycles. The Morgan fingerprint density at radius 1 is 1.41 bits per heavy atom. The van der Waals surface area contributed by atoms with Gasteiger partial charge in [0.2, 0.25) is 5.91 Å². The van der Waals surface area contributed by atoms with Crippen molar-refractivity contribution in [3.05, 3.63) is 0 Å². The third kappa shape index (κ3) is 3.19. The molecule has 0 bridgehead atoms. The summed E-state index contributed by atoms with van der Waals surface area (Å²) in [5.74, 6) is -1.16. The molecule has 1 aliphatic rings. The number of carbonyl (C=O) groups excluding carboxylic acids is 1. The lowest BCUT2D eigenvalue weighted by molar-refractivity contribution is -0.152. The maximum absolute atomic E-state index is 11.3. The van der Waals surface area contributed by atoms with Crippen LogP contribution in [0.1, 0.15) is 33.1 Å². The van der Waals surface area contributed by atoms with Gasteiger partial charge in [-0.2, -0.15) is 0 Å². The van der Waals surface area contributed by atoms with E-state index < -0.39 is 11.4 Å². The van der Waals surface area contributed by atoms with Gasteiger partial charge < -0.3 is 15.7 Å². The fourth-order valence-electron chi connectivity index (χ4n) is 2.36. The SMILES string of the molecule is CCC1(C(=O)O)CCN(CC(C)C(N)=O)CC1. The van der Waals surface area contributed by atoms with Crippen LogP contribution in [0, 0.1) is 11.3 Å². The first-order chi connectivity index (χ1) is 7.91. The summed E-state index contributed by atoms with van der Waals surface area (Å²) in [6, 6.07) is 0. The first kappa shape index (κ1) is 14.0. The lowest BCUT2D eigenvalue weighted by atomic mass is 9.76.